The Morgan fingerprint density at radius 1 is 1.26 bits per heavy atom. The van der Waals surface area contributed by atoms with Gasteiger partial charge in [-0.05, 0) is 12.0 Å². The lowest BCUT2D eigenvalue weighted by molar-refractivity contribution is 0.598. The molecule has 4 nitrogen and oxygen atoms in total. The summed E-state index contributed by atoms with van der Waals surface area (Å²) in [5, 5.41) is 0.426. The van der Waals surface area contributed by atoms with Gasteiger partial charge in [0.2, 0.25) is 10.0 Å². The van der Waals surface area contributed by atoms with Crippen molar-refractivity contribution in [2.45, 2.75) is 19.8 Å². The van der Waals surface area contributed by atoms with Crippen LogP contribution in [0, 0.1) is 0 Å². The first-order chi connectivity index (χ1) is 9.11. The molecular weight excluding hydrogens is 280 g/mol. The zero-order chi connectivity index (χ0) is 13.7. The largest absolute Gasteiger partial charge is 0.259 e. The summed E-state index contributed by atoms with van der Waals surface area (Å²) in [6.45, 7) is 1.96. The molecule has 0 bridgehead atoms. The molecule has 0 aliphatic rings. The zero-order valence-electron chi connectivity index (χ0n) is 10.7. The van der Waals surface area contributed by atoms with Crippen LogP contribution in [0.2, 0.25) is 0 Å². The van der Waals surface area contributed by atoms with Gasteiger partial charge in [-0.2, -0.15) is 0 Å². The molecule has 0 fully saturated rings. The molecular formula is C13H16N2O2S2. The summed E-state index contributed by atoms with van der Waals surface area (Å²) in [6.07, 6.45) is 3.21. The Morgan fingerprint density at radius 2 is 2.00 bits per heavy atom. The van der Waals surface area contributed by atoms with E-state index in [1.54, 1.807) is 6.20 Å². The van der Waals surface area contributed by atoms with Gasteiger partial charge in [-0.15, -0.1) is 0 Å². The predicted octanol–water partition coefficient (Wildman–Crippen LogP) is 3.35. The number of nitrogens with zero attached hydrogens (tertiary/aromatic N) is 1. The van der Waals surface area contributed by atoms with E-state index in [0.717, 1.165) is 16.9 Å². The number of hydrogen-bond donors (Lipinski definition) is 1. The van der Waals surface area contributed by atoms with E-state index < -0.39 is 10.0 Å². The Kier molecular flexibility index (Phi) is 4.55. The summed E-state index contributed by atoms with van der Waals surface area (Å²) < 4.78 is 26.0. The van der Waals surface area contributed by atoms with E-state index in [2.05, 4.69) is 9.71 Å². The van der Waals surface area contributed by atoms with Crippen LogP contribution in [0.1, 0.15) is 19.8 Å². The standard InChI is InChI=1S/C13H16N2O2S2/c1-2-3-9-19(16,17)15-13-14-10-12(18-13)11-7-5-4-6-8-11/h4-8,10H,2-3,9H2,1H3,(H,14,15). The van der Waals surface area contributed by atoms with Gasteiger partial charge in [0.05, 0.1) is 10.6 Å². The van der Waals surface area contributed by atoms with Crippen LogP contribution in [0.4, 0.5) is 5.13 Å². The van der Waals surface area contributed by atoms with Gasteiger partial charge in [0.25, 0.3) is 0 Å². The molecule has 0 atom stereocenters. The minimum atomic E-state index is -3.27. The number of unbranched alkanes of at least 4 members (excludes halogenated alkanes) is 1. The normalized spacial score (nSPS) is 11.4. The number of anilines is 1. The van der Waals surface area contributed by atoms with Crippen molar-refractivity contribution in [3.8, 4) is 10.4 Å². The highest BCUT2D eigenvalue weighted by molar-refractivity contribution is 7.92. The number of nitrogens with one attached hydrogen (secondary N) is 1. The molecule has 0 amide bonds. The second-order valence-electron chi connectivity index (χ2n) is 4.17. The predicted molar refractivity (Wildman–Crippen MR) is 79.9 cm³/mol. The van der Waals surface area contributed by atoms with E-state index in [4.69, 9.17) is 0 Å². The summed E-state index contributed by atoms with van der Waals surface area (Å²) in [4.78, 5) is 5.07. The topological polar surface area (TPSA) is 59.1 Å². The maximum absolute atomic E-state index is 11.8. The minimum Gasteiger partial charge on any atom is -0.259 e. The fourth-order valence-corrected chi connectivity index (χ4v) is 3.89. The molecule has 19 heavy (non-hydrogen) atoms. The lowest BCUT2D eigenvalue weighted by atomic mass is 10.2. The number of rotatable bonds is 6. The molecule has 0 spiro atoms. The van der Waals surface area contributed by atoms with E-state index in [1.165, 1.54) is 11.3 Å². The van der Waals surface area contributed by atoms with Crippen molar-refractivity contribution in [2.75, 3.05) is 10.5 Å². The van der Waals surface area contributed by atoms with Crippen molar-refractivity contribution in [1.82, 2.24) is 4.98 Å². The van der Waals surface area contributed by atoms with Gasteiger partial charge in [0.15, 0.2) is 5.13 Å². The fraction of sp³-hybridized carbons (Fsp3) is 0.308. The third-order valence-electron chi connectivity index (χ3n) is 2.57. The number of benzene rings is 1. The van der Waals surface area contributed by atoms with Crippen LogP contribution in [0.15, 0.2) is 36.5 Å². The number of hydrogen-bond acceptors (Lipinski definition) is 4. The van der Waals surface area contributed by atoms with Crippen LogP contribution in [0.25, 0.3) is 10.4 Å². The number of sulfonamides is 1. The maximum Gasteiger partial charge on any atom is 0.234 e. The molecule has 1 aromatic heterocycles. The first-order valence-corrected chi connectivity index (χ1v) is 8.59. The first-order valence-electron chi connectivity index (χ1n) is 6.12. The Bertz CT molecular complexity index is 621. The van der Waals surface area contributed by atoms with Crippen molar-refractivity contribution in [1.29, 1.82) is 0 Å². The molecule has 2 rings (SSSR count). The second-order valence-corrected chi connectivity index (χ2v) is 7.04. The SMILES string of the molecule is CCCCS(=O)(=O)Nc1ncc(-c2ccccc2)s1. The van der Waals surface area contributed by atoms with Crippen LogP contribution in [-0.2, 0) is 10.0 Å². The average Bonchev–Trinajstić information content (AvgIpc) is 2.85. The van der Waals surface area contributed by atoms with Gasteiger partial charge in [-0.1, -0.05) is 55.0 Å². The lowest BCUT2D eigenvalue weighted by Crippen LogP contribution is -2.16. The van der Waals surface area contributed by atoms with E-state index in [0.29, 0.717) is 11.6 Å². The van der Waals surface area contributed by atoms with Crippen molar-refractivity contribution < 1.29 is 8.42 Å². The molecule has 1 aromatic carbocycles. The van der Waals surface area contributed by atoms with Crippen molar-refractivity contribution in [3.05, 3.63) is 36.5 Å². The molecule has 0 saturated heterocycles. The van der Waals surface area contributed by atoms with Gasteiger partial charge < -0.3 is 0 Å². The average molecular weight is 296 g/mol. The van der Waals surface area contributed by atoms with Gasteiger partial charge in [0, 0.05) is 6.20 Å². The third-order valence-corrected chi connectivity index (χ3v) is 4.99. The van der Waals surface area contributed by atoms with Gasteiger partial charge in [0.1, 0.15) is 0 Å². The van der Waals surface area contributed by atoms with Crippen molar-refractivity contribution >= 4 is 26.5 Å². The lowest BCUT2D eigenvalue weighted by Gasteiger charge is -2.03. The Labute approximate surface area is 117 Å². The number of aromatic nitrogens is 1. The molecule has 0 radical (unpaired) electrons. The highest BCUT2D eigenvalue weighted by Crippen LogP contribution is 2.29. The molecule has 0 aliphatic heterocycles. The Balaban J connectivity index is 2.10. The summed E-state index contributed by atoms with van der Waals surface area (Å²) >= 11 is 1.34. The Hall–Kier alpha value is -1.40. The maximum atomic E-state index is 11.8. The number of thiazole rings is 1. The summed E-state index contributed by atoms with van der Waals surface area (Å²) in [5.41, 5.74) is 1.04. The van der Waals surface area contributed by atoms with Crippen LogP contribution in [0.3, 0.4) is 0 Å². The molecule has 102 valence electrons. The van der Waals surface area contributed by atoms with Crippen molar-refractivity contribution in [2.24, 2.45) is 0 Å². The fourth-order valence-electron chi connectivity index (χ4n) is 1.58. The summed E-state index contributed by atoms with van der Waals surface area (Å²) in [6, 6.07) is 9.78. The van der Waals surface area contributed by atoms with Gasteiger partial charge in [-0.25, -0.2) is 13.4 Å². The molecule has 6 heteroatoms. The second kappa shape index (κ2) is 6.16. The quantitative estimate of drug-likeness (QED) is 0.889. The van der Waals surface area contributed by atoms with Crippen LogP contribution in [-0.4, -0.2) is 19.2 Å². The van der Waals surface area contributed by atoms with E-state index in [-0.39, 0.29) is 5.75 Å². The Morgan fingerprint density at radius 3 is 2.68 bits per heavy atom. The van der Waals surface area contributed by atoms with Crippen molar-refractivity contribution in [3.63, 3.8) is 0 Å². The smallest absolute Gasteiger partial charge is 0.234 e. The molecule has 1 heterocycles. The molecule has 0 saturated carbocycles. The molecule has 0 unspecified atom stereocenters. The van der Waals surface area contributed by atoms with Gasteiger partial charge in [-0.3, -0.25) is 4.72 Å². The molecule has 0 aliphatic carbocycles. The van der Waals surface area contributed by atoms with E-state index in [1.807, 2.05) is 37.3 Å². The van der Waals surface area contributed by atoms with Gasteiger partial charge >= 0.3 is 0 Å². The summed E-state index contributed by atoms with van der Waals surface area (Å²) in [5.74, 6) is 0.143. The van der Waals surface area contributed by atoms with Crippen LogP contribution >= 0.6 is 11.3 Å². The zero-order valence-corrected chi connectivity index (χ0v) is 12.3. The third kappa shape index (κ3) is 4.04. The first kappa shape index (κ1) is 14.0. The van der Waals surface area contributed by atoms with E-state index >= 15 is 0 Å². The minimum absolute atomic E-state index is 0.143. The molecule has 2 aromatic rings. The van der Waals surface area contributed by atoms with Crippen LogP contribution in [0.5, 0.6) is 0 Å². The van der Waals surface area contributed by atoms with Crippen LogP contribution < -0.4 is 4.72 Å². The highest BCUT2D eigenvalue weighted by Gasteiger charge is 2.12. The highest BCUT2D eigenvalue weighted by atomic mass is 32.2. The monoisotopic (exact) mass is 296 g/mol. The molecule has 1 N–H and O–H groups in total. The van der Waals surface area contributed by atoms with E-state index in [9.17, 15) is 8.42 Å². The summed E-state index contributed by atoms with van der Waals surface area (Å²) in [7, 11) is -3.27.